The number of H-pyrrole nitrogens is 1. The van der Waals surface area contributed by atoms with Crippen LogP contribution in [0.5, 0.6) is 0 Å². The van der Waals surface area contributed by atoms with Crippen molar-refractivity contribution in [1.29, 1.82) is 0 Å². The van der Waals surface area contributed by atoms with Gasteiger partial charge in [-0.1, -0.05) is 29.8 Å². The van der Waals surface area contributed by atoms with E-state index >= 15 is 0 Å². The Morgan fingerprint density at radius 2 is 2.12 bits per heavy atom. The van der Waals surface area contributed by atoms with Crippen LogP contribution in [0.4, 0.5) is 0 Å². The molecule has 1 aliphatic heterocycles. The van der Waals surface area contributed by atoms with E-state index in [4.69, 9.17) is 11.6 Å². The van der Waals surface area contributed by atoms with Crippen molar-refractivity contribution in [2.24, 2.45) is 0 Å². The summed E-state index contributed by atoms with van der Waals surface area (Å²) < 4.78 is 0. The molecule has 1 aromatic carbocycles. The minimum atomic E-state index is -0.0620. The molecule has 0 bridgehead atoms. The molecule has 5 nitrogen and oxygen atoms in total. The second kappa shape index (κ2) is 6.78. The van der Waals surface area contributed by atoms with Gasteiger partial charge in [0.05, 0.1) is 5.69 Å². The Morgan fingerprint density at radius 1 is 1.20 bits per heavy atom. The number of benzene rings is 1. The molecule has 1 aliphatic rings. The fourth-order valence-corrected chi connectivity index (χ4v) is 3.36. The van der Waals surface area contributed by atoms with Crippen molar-refractivity contribution in [2.75, 3.05) is 6.54 Å². The maximum atomic E-state index is 12.4. The van der Waals surface area contributed by atoms with Crippen molar-refractivity contribution in [3.05, 3.63) is 80.9 Å². The highest BCUT2D eigenvalue weighted by atomic mass is 35.5. The van der Waals surface area contributed by atoms with Crippen LogP contribution < -0.4 is 5.56 Å². The second-order valence-electron chi connectivity index (χ2n) is 6.15. The smallest absolute Gasteiger partial charge is 0.254 e. The predicted molar refractivity (Wildman–Crippen MR) is 97.4 cm³/mol. The Kier molecular flexibility index (Phi) is 4.34. The lowest BCUT2D eigenvalue weighted by Crippen LogP contribution is -2.35. The maximum absolute atomic E-state index is 12.4. The molecule has 4 rings (SSSR count). The van der Waals surface area contributed by atoms with Crippen molar-refractivity contribution in [3.8, 4) is 11.5 Å². The van der Waals surface area contributed by atoms with Crippen LogP contribution in [0.25, 0.3) is 11.5 Å². The average molecular weight is 353 g/mol. The van der Waals surface area contributed by atoms with E-state index in [1.165, 1.54) is 0 Å². The van der Waals surface area contributed by atoms with Crippen LogP contribution in [0.1, 0.15) is 16.8 Å². The first-order valence-corrected chi connectivity index (χ1v) is 8.57. The molecule has 3 heterocycles. The van der Waals surface area contributed by atoms with Gasteiger partial charge in [0.25, 0.3) is 5.56 Å². The van der Waals surface area contributed by atoms with E-state index in [9.17, 15) is 4.79 Å². The third-order valence-electron chi connectivity index (χ3n) is 4.36. The first-order chi connectivity index (χ1) is 12.2. The third kappa shape index (κ3) is 3.48. The van der Waals surface area contributed by atoms with Gasteiger partial charge < -0.3 is 4.98 Å². The van der Waals surface area contributed by atoms with E-state index < -0.39 is 0 Å². The highest BCUT2D eigenvalue weighted by Crippen LogP contribution is 2.20. The summed E-state index contributed by atoms with van der Waals surface area (Å²) >= 11 is 6.07. The molecule has 0 fully saturated rings. The lowest BCUT2D eigenvalue weighted by molar-refractivity contribution is 0.240. The molecule has 0 saturated carbocycles. The van der Waals surface area contributed by atoms with Crippen LogP contribution in [-0.4, -0.2) is 26.4 Å². The highest BCUT2D eigenvalue weighted by molar-refractivity contribution is 6.30. The van der Waals surface area contributed by atoms with Gasteiger partial charge in [0.2, 0.25) is 0 Å². The molecule has 0 unspecified atom stereocenters. The van der Waals surface area contributed by atoms with Crippen LogP contribution in [0.15, 0.2) is 53.5 Å². The monoisotopic (exact) mass is 352 g/mol. The molecule has 6 heteroatoms. The van der Waals surface area contributed by atoms with Crippen molar-refractivity contribution in [2.45, 2.75) is 19.5 Å². The molecule has 0 spiro atoms. The molecular weight excluding hydrogens is 336 g/mol. The molecular formula is C19H17ClN4O. The van der Waals surface area contributed by atoms with Crippen LogP contribution in [-0.2, 0) is 19.5 Å². The molecule has 0 saturated heterocycles. The van der Waals surface area contributed by atoms with Crippen molar-refractivity contribution in [1.82, 2.24) is 19.9 Å². The highest BCUT2D eigenvalue weighted by Gasteiger charge is 2.21. The number of aromatic nitrogens is 3. The minimum Gasteiger partial charge on any atom is -0.305 e. The molecule has 0 atom stereocenters. The van der Waals surface area contributed by atoms with Gasteiger partial charge in [0.1, 0.15) is 5.69 Å². The molecule has 126 valence electrons. The van der Waals surface area contributed by atoms with E-state index in [2.05, 4.69) is 25.9 Å². The Balaban J connectivity index is 1.61. The van der Waals surface area contributed by atoms with Crippen LogP contribution in [0.3, 0.4) is 0 Å². The lowest BCUT2D eigenvalue weighted by atomic mass is 10.1. The number of hydrogen-bond acceptors (Lipinski definition) is 4. The molecule has 0 amide bonds. The molecule has 25 heavy (non-hydrogen) atoms. The zero-order valence-corrected chi connectivity index (χ0v) is 14.3. The zero-order chi connectivity index (χ0) is 17.2. The topological polar surface area (TPSA) is 61.9 Å². The Labute approximate surface area is 150 Å². The van der Waals surface area contributed by atoms with Gasteiger partial charge in [-0.25, -0.2) is 4.98 Å². The van der Waals surface area contributed by atoms with Gasteiger partial charge >= 0.3 is 0 Å². The zero-order valence-electron chi connectivity index (χ0n) is 13.6. The number of aromatic amines is 1. The number of nitrogens with one attached hydrogen (secondary N) is 1. The van der Waals surface area contributed by atoms with Crippen LogP contribution >= 0.6 is 11.6 Å². The quantitative estimate of drug-likeness (QED) is 0.787. The number of pyridine rings is 1. The van der Waals surface area contributed by atoms with Gasteiger partial charge in [0, 0.05) is 36.4 Å². The number of rotatable bonds is 3. The standard InChI is InChI=1S/C19H17ClN4O/c20-14-5-3-4-13(10-14)11-24-9-7-15-17(12-24)22-18(23-19(15)25)16-6-1-2-8-21-16/h1-6,8,10H,7,9,11-12H2,(H,22,23,25). The second-order valence-corrected chi connectivity index (χ2v) is 6.58. The number of halogens is 1. The van der Waals surface area contributed by atoms with E-state index in [0.29, 0.717) is 24.5 Å². The largest absolute Gasteiger partial charge is 0.305 e. The molecule has 0 radical (unpaired) electrons. The number of hydrogen-bond donors (Lipinski definition) is 1. The average Bonchev–Trinajstić information content (AvgIpc) is 2.62. The van der Waals surface area contributed by atoms with Gasteiger partial charge in [0.15, 0.2) is 5.82 Å². The van der Waals surface area contributed by atoms with E-state index in [0.717, 1.165) is 34.9 Å². The summed E-state index contributed by atoms with van der Waals surface area (Å²) in [5.74, 6) is 0.522. The Hall–Kier alpha value is -2.50. The van der Waals surface area contributed by atoms with Crippen molar-refractivity contribution < 1.29 is 0 Å². The molecule has 3 aromatic rings. The fourth-order valence-electron chi connectivity index (χ4n) is 3.15. The van der Waals surface area contributed by atoms with Crippen molar-refractivity contribution >= 4 is 11.6 Å². The Morgan fingerprint density at radius 3 is 2.92 bits per heavy atom. The molecule has 2 aromatic heterocycles. The third-order valence-corrected chi connectivity index (χ3v) is 4.59. The first kappa shape index (κ1) is 16.0. The summed E-state index contributed by atoms with van der Waals surface area (Å²) in [6.45, 7) is 2.26. The van der Waals surface area contributed by atoms with Gasteiger partial charge in [-0.2, -0.15) is 0 Å². The normalized spacial score (nSPS) is 14.3. The Bertz CT molecular complexity index is 955. The summed E-state index contributed by atoms with van der Waals surface area (Å²) in [5, 5.41) is 0.738. The van der Waals surface area contributed by atoms with Crippen LogP contribution in [0.2, 0.25) is 5.02 Å². The molecule has 0 aliphatic carbocycles. The maximum Gasteiger partial charge on any atom is 0.254 e. The lowest BCUT2D eigenvalue weighted by Gasteiger charge is -2.27. The van der Waals surface area contributed by atoms with Crippen LogP contribution in [0, 0.1) is 0 Å². The fraction of sp³-hybridized carbons (Fsp3) is 0.211. The summed E-state index contributed by atoms with van der Waals surface area (Å²) in [7, 11) is 0. The first-order valence-electron chi connectivity index (χ1n) is 8.19. The number of nitrogens with zero attached hydrogens (tertiary/aromatic N) is 3. The van der Waals surface area contributed by atoms with Gasteiger partial charge in [-0.15, -0.1) is 0 Å². The van der Waals surface area contributed by atoms with Gasteiger partial charge in [-0.05, 0) is 36.2 Å². The SMILES string of the molecule is O=c1[nH]c(-c2ccccn2)nc2c1CCN(Cc1cccc(Cl)c1)C2. The summed E-state index contributed by atoms with van der Waals surface area (Å²) in [5.41, 5.74) is 3.38. The van der Waals surface area contributed by atoms with Gasteiger partial charge in [-0.3, -0.25) is 14.7 Å². The van der Waals surface area contributed by atoms with E-state index in [1.54, 1.807) is 6.20 Å². The summed E-state index contributed by atoms with van der Waals surface area (Å²) in [6, 6.07) is 13.4. The van der Waals surface area contributed by atoms with Crippen molar-refractivity contribution in [3.63, 3.8) is 0 Å². The summed E-state index contributed by atoms with van der Waals surface area (Å²) in [4.78, 5) is 26.5. The van der Waals surface area contributed by atoms with E-state index in [1.807, 2.05) is 36.4 Å². The predicted octanol–water partition coefficient (Wildman–Crippen LogP) is 3.04. The minimum absolute atomic E-state index is 0.0620. The molecule has 1 N–H and O–H groups in total. The summed E-state index contributed by atoms with van der Waals surface area (Å²) in [6.07, 6.45) is 2.39. The number of fused-ring (bicyclic) bond motifs is 1. The van der Waals surface area contributed by atoms with E-state index in [-0.39, 0.29) is 5.56 Å².